The summed E-state index contributed by atoms with van der Waals surface area (Å²) in [6.45, 7) is 1.74. The third kappa shape index (κ3) is 3.07. The second-order valence-corrected chi connectivity index (χ2v) is 7.91. The molecule has 2 bridgehead atoms. The van der Waals surface area contributed by atoms with Gasteiger partial charge in [0, 0.05) is 55.3 Å². The quantitative estimate of drug-likeness (QED) is 0.662. The molecule has 7 heteroatoms. The topological polar surface area (TPSA) is 91.9 Å². The Morgan fingerprint density at radius 1 is 1.10 bits per heavy atom. The molecule has 2 aliphatic heterocycles. The first-order valence-electron chi connectivity index (χ1n) is 9.92. The van der Waals surface area contributed by atoms with Gasteiger partial charge in [0.05, 0.1) is 17.2 Å². The summed E-state index contributed by atoms with van der Waals surface area (Å²) in [5.41, 5.74) is 3.86. The van der Waals surface area contributed by atoms with Crippen molar-refractivity contribution in [3.05, 3.63) is 82.3 Å². The normalized spacial score (nSPS) is 19.6. The Kier molecular flexibility index (Phi) is 4.40. The first-order chi connectivity index (χ1) is 14.6. The number of carbonyl (C=O) groups excluding carboxylic acids is 1. The van der Waals surface area contributed by atoms with Gasteiger partial charge in [-0.3, -0.25) is 9.59 Å². The molecule has 4 heterocycles. The van der Waals surface area contributed by atoms with Gasteiger partial charge >= 0.3 is 0 Å². The number of amides is 1. The summed E-state index contributed by atoms with van der Waals surface area (Å²) in [5, 5.41) is 9.28. The molecule has 5 rings (SSSR count). The number of carbonyl (C=O) groups is 1. The van der Waals surface area contributed by atoms with Crippen LogP contribution in [-0.2, 0) is 6.54 Å². The van der Waals surface area contributed by atoms with E-state index >= 15 is 0 Å². The van der Waals surface area contributed by atoms with Gasteiger partial charge in [-0.15, -0.1) is 0 Å². The van der Waals surface area contributed by atoms with Gasteiger partial charge in [0.1, 0.15) is 6.33 Å². The van der Waals surface area contributed by atoms with Gasteiger partial charge in [-0.05, 0) is 36.1 Å². The second-order valence-electron chi connectivity index (χ2n) is 7.91. The third-order valence-electron chi connectivity index (χ3n) is 5.99. The summed E-state index contributed by atoms with van der Waals surface area (Å²) >= 11 is 0. The summed E-state index contributed by atoms with van der Waals surface area (Å²) in [5.74, 6) is 0.203. The number of piperidine rings is 1. The highest BCUT2D eigenvalue weighted by atomic mass is 16.2. The zero-order chi connectivity index (χ0) is 20.7. The summed E-state index contributed by atoms with van der Waals surface area (Å²) in [4.78, 5) is 35.4. The fourth-order valence-electron chi connectivity index (χ4n) is 4.77. The molecule has 0 saturated carbocycles. The van der Waals surface area contributed by atoms with E-state index in [9.17, 15) is 14.9 Å². The minimum atomic E-state index is -0.0787. The molecule has 2 unspecified atom stereocenters. The summed E-state index contributed by atoms with van der Waals surface area (Å²) in [6, 6.07) is 13.1. The molecule has 0 N–H and O–H groups in total. The van der Waals surface area contributed by atoms with Crippen LogP contribution in [0.5, 0.6) is 0 Å². The van der Waals surface area contributed by atoms with Crippen LogP contribution in [-0.4, -0.2) is 38.4 Å². The number of pyridine rings is 1. The molecule has 1 amide bonds. The van der Waals surface area contributed by atoms with Gasteiger partial charge in [0.25, 0.3) is 11.5 Å². The monoisotopic (exact) mass is 397 g/mol. The Morgan fingerprint density at radius 3 is 2.73 bits per heavy atom. The lowest BCUT2D eigenvalue weighted by Crippen LogP contribution is -2.49. The molecule has 30 heavy (non-hydrogen) atoms. The van der Waals surface area contributed by atoms with Crippen molar-refractivity contribution in [3.63, 3.8) is 0 Å². The number of nitrogens with zero attached hydrogens (tertiary/aromatic N) is 5. The van der Waals surface area contributed by atoms with E-state index in [4.69, 9.17) is 0 Å². The van der Waals surface area contributed by atoms with E-state index in [-0.39, 0.29) is 23.3 Å². The van der Waals surface area contributed by atoms with Crippen molar-refractivity contribution in [2.45, 2.75) is 18.9 Å². The van der Waals surface area contributed by atoms with Crippen molar-refractivity contribution in [3.8, 4) is 17.2 Å². The predicted octanol–water partition coefficient (Wildman–Crippen LogP) is 2.44. The Balaban J connectivity index is 1.56. The van der Waals surface area contributed by atoms with Gasteiger partial charge in [-0.25, -0.2) is 9.97 Å². The van der Waals surface area contributed by atoms with E-state index < -0.39 is 0 Å². The maximum Gasteiger partial charge on any atom is 0.257 e. The molecule has 148 valence electrons. The predicted molar refractivity (Wildman–Crippen MR) is 110 cm³/mol. The van der Waals surface area contributed by atoms with Crippen LogP contribution in [0, 0.1) is 17.2 Å². The van der Waals surface area contributed by atoms with Gasteiger partial charge in [0.2, 0.25) is 0 Å². The van der Waals surface area contributed by atoms with E-state index in [1.807, 2.05) is 33.7 Å². The Morgan fingerprint density at radius 2 is 1.93 bits per heavy atom. The van der Waals surface area contributed by atoms with Crippen LogP contribution in [0.1, 0.15) is 34.0 Å². The van der Waals surface area contributed by atoms with Crippen molar-refractivity contribution in [1.82, 2.24) is 19.4 Å². The van der Waals surface area contributed by atoms with E-state index in [2.05, 4.69) is 16.0 Å². The zero-order valence-corrected chi connectivity index (χ0v) is 16.2. The van der Waals surface area contributed by atoms with E-state index in [1.165, 1.54) is 18.7 Å². The molecule has 2 aliphatic rings. The van der Waals surface area contributed by atoms with Crippen LogP contribution in [0.2, 0.25) is 0 Å². The third-order valence-corrected chi connectivity index (χ3v) is 5.99. The number of nitriles is 1. The molecule has 0 spiro atoms. The van der Waals surface area contributed by atoms with Gasteiger partial charge in [-0.2, -0.15) is 5.26 Å². The van der Waals surface area contributed by atoms with Gasteiger partial charge < -0.3 is 9.47 Å². The molecule has 0 radical (unpaired) electrons. The first-order valence-corrected chi connectivity index (χ1v) is 9.92. The Bertz CT molecular complexity index is 1230. The lowest BCUT2D eigenvalue weighted by atomic mass is 9.80. The summed E-state index contributed by atoms with van der Waals surface area (Å²) in [7, 11) is 0. The molecule has 1 saturated heterocycles. The molecule has 1 aromatic carbocycles. The second kappa shape index (κ2) is 7.23. The molecular formula is C23H19N5O2. The van der Waals surface area contributed by atoms with E-state index in [1.54, 1.807) is 12.1 Å². The lowest BCUT2D eigenvalue weighted by Gasteiger charge is -2.43. The van der Waals surface area contributed by atoms with Gasteiger partial charge in [0.15, 0.2) is 0 Å². The molecule has 2 aromatic heterocycles. The molecule has 7 nitrogen and oxygen atoms in total. The number of aromatic nitrogens is 3. The van der Waals surface area contributed by atoms with Crippen molar-refractivity contribution < 1.29 is 4.79 Å². The van der Waals surface area contributed by atoms with Crippen LogP contribution in [0.15, 0.2) is 59.9 Å². The average molecular weight is 397 g/mol. The van der Waals surface area contributed by atoms with E-state index in [0.29, 0.717) is 30.8 Å². The first kappa shape index (κ1) is 18.3. The van der Waals surface area contributed by atoms with Crippen molar-refractivity contribution in [1.29, 1.82) is 5.26 Å². The highest BCUT2D eigenvalue weighted by Gasteiger charge is 2.38. The van der Waals surface area contributed by atoms with Crippen LogP contribution in [0.25, 0.3) is 11.1 Å². The number of hydrogen-bond acceptors (Lipinski definition) is 5. The highest BCUT2D eigenvalue weighted by Crippen LogP contribution is 2.40. The molecule has 3 aromatic rings. The smallest absolute Gasteiger partial charge is 0.257 e. The maximum absolute atomic E-state index is 13.0. The Hall–Kier alpha value is -3.79. The summed E-state index contributed by atoms with van der Waals surface area (Å²) in [6.07, 6.45) is 5.42. The minimum absolute atomic E-state index is 0.0175. The van der Waals surface area contributed by atoms with Crippen molar-refractivity contribution in [2.75, 3.05) is 13.1 Å². The number of hydrogen-bond donors (Lipinski definition) is 0. The van der Waals surface area contributed by atoms with E-state index in [0.717, 1.165) is 23.2 Å². The van der Waals surface area contributed by atoms with Gasteiger partial charge in [-0.1, -0.05) is 12.1 Å². The number of fused-ring (bicyclic) bond motifs is 4. The fraction of sp³-hybridized carbons (Fsp3) is 0.261. The zero-order valence-electron chi connectivity index (χ0n) is 16.2. The van der Waals surface area contributed by atoms with Crippen molar-refractivity contribution in [2.24, 2.45) is 5.92 Å². The fourth-order valence-corrected chi connectivity index (χ4v) is 4.77. The number of likely N-dealkylation sites (tertiary alicyclic amines) is 1. The standard InChI is InChI=1S/C23H19N5O2/c24-8-15-2-1-3-17(6-15)20-4-5-21(29)28-12-16-7-18(22(20)28)13-27(11-16)23(30)19-9-25-14-26-10-19/h1-6,9-10,14,16,18H,7,11-13H2. The SMILES string of the molecule is N#Cc1cccc(-c2ccc(=O)n3c2C2CC(CN(C(=O)c4cncnc4)C2)C3)c1. The minimum Gasteiger partial charge on any atom is -0.338 e. The van der Waals surface area contributed by atoms with Crippen LogP contribution >= 0.6 is 0 Å². The average Bonchev–Trinajstić information content (AvgIpc) is 2.79. The maximum atomic E-state index is 13.0. The molecular weight excluding hydrogens is 378 g/mol. The van der Waals surface area contributed by atoms with Crippen molar-refractivity contribution >= 4 is 5.91 Å². The molecule has 1 fully saturated rings. The summed E-state index contributed by atoms with van der Waals surface area (Å²) < 4.78 is 1.86. The Labute approximate surface area is 173 Å². The van der Waals surface area contributed by atoms with Crippen LogP contribution < -0.4 is 5.56 Å². The lowest BCUT2D eigenvalue weighted by molar-refractivity contribution is 0.0594. The molecule has 0 aliphatic carbocycles. The largest absolute Gasteiger partial charge is 0.338 e. The number of benzene rings is 1. The number of rotatable bonds is 2. The van der Waals surface area contributed by atoms with Crippen LogP contribution in [0.4, 0.5) is 0 Å². The van der Waals surface area contributed by atoms with Crippen LogP contribution in [0.3, 0.4) is 0 Å². The molecule has 2 atom stereocenters. The highest BCUT2D eigenvalue weighted by molar-refractivity contribution is 5.93.